The molecule has 3 rings (SSSR count). The van der Waals surface area contributed by atoms with Crippen LogP contribution in [0.3, 0.4) is 0 Å². The minimum atomic E-state index is -5.30. The summed E-state index contributed by atoms with van der Waals surface area (Å²) in [6.07, 6.45) is -5.30. The van der Waals surface area contributed by atoms with E-state index < -0.39 is 41.3 Å². The minimum Gasteiger partial charge on any atom is -0.423 e. The highest BCUT2D eigenvalue weighted by Crippen LogP contribution is 2.33. The lowest BCUT2D eigenvalue weighted by molar-refractivity contribution is -0.276. The molecule has 3 aromatic rings. The number of halogens is 6. The molecule has 0 aromatic heterocycles. The number of carbonyl (C=O) groups is 1. The van der Waals surface area contributed by atoms with E-state index in [0.717, 1.165) is 5.56 Å². The number of ether oxygens (including phenoxy) is 2. The number of alkyl halides is 3. The van der Waals surface area contributed by atoms with Gasteiger partial charge in [-0.3, -0.25) is 0 Å². The standard InChI is InChI=1S/C23H16F6O3/c1-11-6-13(3)20(17(24)7-11)14-4-5-16(12(2)8-14)22(30)31-15-9-18(25)21(19(26)10-15)32-23(27,28)29/h4-10H,1-3H3. The van der Waals surface area contributed by atoms with Crippen molar-refractivity contribution in [1.29, 1.82) is 0 Å². The van der Waals surface area contributed by atoms with Crippen molar-refractivity contribution < 1.29 is 40.6 Å². The van der Waals surface area contributed by atoms with Crippen LogP contribution in [0.4, 0.5) is 26.3 Å². The molecule has 0 aliphatic heterocycles. The average molecular weight is 454 g/mol. The van der Waals surface area contributed by atoms with Gasteiger partial charge in [-0.2, -0.15) is 0 Å². The molecule has 0 bridgehead atoms. The Labute approximate surface area is 179 Å². The van der Waals surface area contributed by atoms with E-state index in [9.17, 15) is 31.1 Å². The van der Waals surface area contributed by atoms with Crippen molar-refractivity contribution in [2.24, 2.45) is 0 Å². The molecular formula is C23H16F6O3. The van der Waals surface area contributed by atoms with Crippen molar-refractivity contribution >= 4 is 5.97 Å². The van der Waals surface area contributed by atoms with Crippen LogP contribution in [0, 0.1) is 38.2 Å². The Morgan fingerprint density at radius 2 is 1.44 bits per heavy atom. The molecule has 0 unspecified atom stereocenters. The van der Waals surface area contributed by atoms with Crippen LogP contribution in [0.1, 0.15) is 27.0 Å². The van der Waals surface area contributed by atoms with Gasteiger partial charge in [0.2, 0.25) is 5.75 Å². The first kappa shape index (κ1) is 23.2. The fourth-order valence-corrected chi connectivity index (χ4v) is 3.30. The Balaban J connectivity index is 1.87. The van der Waals surface area contributed by atoms with E-state index in [0.29, 0.717) is 34.4 Å². The molecule has 0 aliphatic carbocycles. The molecule has 9 heteroatoms. The molecule has 0 saturated heterocycles. The zero-order chi connectivity index (χ0) is 23.8. The highest BCUT2D eigenvalue weighted by Gasteiger charge is 2.34. The molecular weight excluding hydrogens is 438 g/mol. The molecule has 0 radical (unpaired) electrons. The molecule has 3 aromatic carbocycles. The fourth-order valence-electron chi connectivity index (χ4n) is 3.30. The van der Waals surface area contributed by atoms with Gasteiger partial charge >= 0.3 is 12.3 Å². The molecule has 168 valence electrons. The number of esters is 1. The highest BCUT2D eigenvalue weighted by molar-refractivity contribution is 5.93. The number of rotatable bonds is 4. The summed E-state index contributed by atoms with van der Waals surface area (Å²) in [6.45, 7) is 5.07. The Hall–Kier alpha value is -3.49. The van der Waals surface area contributed by atoms with E-state index in [4.69, 9.17) is 4.74 Å². The van der Waals surface area contributed by atoms with Gasteiger partial charge in [0.15, 0.2) is 11.6 Å². The van der Waals surface area contributed by atoms with E-state index >= 15 is 0 Å². The van der Waals surface area contributed by atoms with Gasteiger partial charge in [-0.1, -0.05) is 18.2 Å². The van der Waals surface area contributed by atoms with Crippen molar-refractivity contribution in [3.63, 3.8) is 0 Å². The maximum Gasteiger partial charge on any atom is 0.573 e. The summed E-state index contributed by atoms with van der Waals surface area (Å²) in [6, 6.07) is 8.40. The van der Waals surface area contributed by atoms with Crippen LogP contribution < -0.4 is 9.47 Å². The van der Waals surface area contributed by atoms with E-state index in [1.807, 2.05) is 6.07 Å². The second-order valence-electron chi connectivity index (χ2n) is 7.12. The molecule has 0 heterocycles. The van der Waals surface area contributed by atoms with Crippen LogP contribution in [0.5, 0.6) is 11.5 Å². The molecule has 0 amide bonds. The first-order valence-electron chi connectivity index (χ1n) is 9.20. The zero-order valence-corrected chi connectivity index (χ0v) is 17.0. The lowest BCUT2D eigenvalue weighted by atomic mass is 9.95. The van der Waals surface area contributed by atoms with Gasteiger partial charge in [-0.05, 0) is 55.2 Å². The summed E-state index contributed by atoms with van der Waals surface area (Å²) < 4.78 is 87.0. The quantitative estimate of drug-likeness (QED) is 0.247. The second-order valence-corrected chi connectivity index (χ2v) is 7.12. The Kier molecular flexibility index (Phi) is 6.20. The summed E-state index contributed by atoms with van der Waals surface area (Å²) in [7, 11) is 0. The molecule has 0 aliphatic rings. The summed E-state index contributed by atoms with van der Waals surface area (Å²) >= 11 is 0. The molecule has 3 nitrogen and oxygen atoms in total. The third kappa shape index (κ3) is 5.04. The molecule has 0 N–H and O–H groups in total. The van der Waals surface area contributed by atoms with Crippen LogP contribution in [-0.4, -0.2) is 12.3 Å². The van der Waals surface area contributed by atoms with Crippen LogP contribution in [0.2, 0.25) is 0 Å². The largest absolute Gasteiger partial charge is 0.573 e. The lowest BCUT2D eigenvalue weighted by Crippen LogP contribution is -2.19. The molecule has 32 heavy (non-hydrogen) atoms. The third-order valence-corrected chi connectivity index (χ3v) is 4.57. The van der Waals surface area contributed by atoms with Crippen LogP contribution in [0.25, 0.3) is 11.1 Å². The second kappa shape index (κ2) is 8.57. The number of aryl methyl sites for hydroxylation is 3. The van der Waals surface area contributed by atoms with Gasteiger partial charge in [0, 0.05) is 17.7 Å². The predicted molar refractivity (Wildman–Crippen MR) is 104 cm³/mol. The summed E-state index contributed by atoms with van der Waals surface area (Å²) in [5.74, 6) is -7.12. The molecule has 0 saturated carbocycles. The van der Waals surface area contributed by atoms with Crippen LogP contribution >= 0.6 is 0 Å². The normalized spacial score (nSPS) is 11.4. The number of hydrogen-bond donors (Lipinski definition) is 0. The van der Waals surface area contributed by atoms with Crippen molar-refractivity contribution in [2.45, 2.75) is 27.1 Å². The first-order valence-corrected chi connectivity index (χ1v) is 9.20. The van der Waals surface area contributed by atoms with Gasteiger partial charge in [0.25, 0.3) is 0 Å². The number of hydrogen-bond acceptors (Lipinski definition) is 3. The van der Waals surface area contributed by atoms with Gasteiger partial charge in [-0.15, -0.1) is 13.2 Å². The van der Waals surface area contributed by atoms with Gasteiger partial charge in [0.05, 0.1) is 5.56 Å². The Morgan fingerprint density at radius 1 is 0.812 bits per heavy atom. The summed E-state index contributed by atoms with van der Waals surface area (Å²) in [4.78, 5) is 12.4. The van der Waals surface area contributed by atoms with Crippen molar-refractivity contribution in [2.75, 3.05) is 0 Å². The van der Waals surface area contributed by atoms with Gasteiger partial charge < -0.3 is 9.47 Å². The summed E-state index contributed by atoms with van der Waals surface area (Å²) in [5.41, 5.74) is 2.75. The van der Waals surface area contributed by atoms with Crippen LogP contribution in [0.15, 0.2) is 42.5 Å². The maximum absolute atomic E-state index is 14.4. The van der Waals surface area contributed by atoms with E-state index in [-0.39, 0.29) is 5.56 Å². The lowest BCUT2D eigenvalue weighted by Gasteiger charge is -2.13. The van der Waals surface area contributed by atoms with Gasteiger partial charge in [-0.25, -0.2) is 18.0 Å². The van der Waals surface area contributed by atoms with Crippen molar-refractivity contribution in [1.82, 2.24) is 0 Å². The maximum atomic E-state index is 14.4. The van der Waals surface area contributed by atoms with E-state index in [1.54, 1.807) is 26.8 Å². The Bertz CT molecular complexity index is 1150. The minimum absolute atomic E-state index is 0.0235. The first-order chi connectivity index (χ1) is 14.9. The number of benzene rings is 3. The van der Waals surface area contributed by atoms with Gasteiger partial charge in [0.1, 0.15) is 11.6 Å². The Morgan fingerprint density at radius 3 is 1.97 bits per heavy atom. The SMILES string of the molecule is Cc1cc(C)c(-c2ccc(C(=O)Oc3cc(F)c(OC(F)(F)F)c(F)c3)c(C)c2)c(F)c1. The van der Waals surface area contributed by atoms with Crippen molar-refractivity contribution in [3.8, 4) is 22.6 Å². The highest BCUT2D eigenvalue weighted by atomic mass is 19.4. The number of carbonyl (C=O) groups excluding carboxylic acids is 1. The molecule has 0 atom stereocenters. The molecule has 0 spiro atoms. The molecule has 0 fully saturated rings. The topological polar surface area (TPSA) is 35.5 Å². The third-order valence-electron chi connectivity index (χ3n) is 4.57. The monoisotopic (exact) mass is 454 g/mol. The smallest absolute Gasteiger partial charge is 0.423 e. The van der Waals surface area contributed by atoms with E-state index in [2.05, 4.69) is 4.74 Å². The zero-order valence-electron chi connectivity index (χ0n) is 17.0. The summed E-state index contributed by atoms with van der Waals surface area (Å²) in [5, 5.41) is 0. The average Bonchev–Trinajstić information content (AvgIpc) is 2.63. The van der Waals surface area contributed by atoms with E-state index in [1.165, 1.54) is 18.2 Å². The van der Waals surface area contributed by atoms with Crippen molar-refractivity contribution in [3.05, 3.63) is 82.2 Å². The predicted octanol–water partition coefficient (Wildman–Crippen LogP) is 6.81. The van der Waals surface area contributed by atoms with Crippen LogP contribution in [-0.2, 0) is 0 Å². The fraction of sp³-hybridized carbons (Fsp3) is 0.174.